The minimum atomic E-state index is -0.416. The number of nitro benzene ring substituents is 1. The Kier molecular flexibility index (Phi) is 3.85. The molecule has 130 valence electrons. The summed E-state index contributed by atoms with van der Waals surface area (Å²) in [6, 6.07) is 3.54. The summed E-state index contributed by atoms with van der Waals surface area (Å²) < 4.78 is 16.8. The Morgan fingerprint density at radius 1 is 1.25 bits per heavy atom. The lowest BCUT2D eigenvalue weighted by Gasteiger charge is -2.39. The first-order valence-corrected chi connectivity index (χ1v) is 8.51. The zero-order valence-electron chi connectivity index (χ0n) is 13.8. The van der Waals surface area contributed by atoms with Crippen molar-refractivity contribution in [2.75, 3.05) is 38.3 Å². The third kappa shape index (κ3) is 2.71. The molecule has 0 N–H and O–H groups in total. The van der Waals surface area contributed by atoms with E-state index in [0.29, 0.717) is 24.9 Å². The van der Waals surface area contributed by atoms with E-state index in [2.05, 4.69) is 4.90 Å². The summed E-state index contributed by atoms with van der Waals surface area (Å²) in [4.78, 5) is 13.2. The van der Waals surface area contributed by atoms with Gasteiger partial charge in [-0.05, 0) is 24.3 Å². The second-order valence-corrected chi connectivity index (χ2v) is 6.71. The maximum atomic E-state index is 11.3. The van der Waals surface area contributed by atoms with Crippen LogP contribution < -0.4 is 9.64 Å². The van der Waals surface area contributed by atoms with Gasteiger partial charge in [-0.1, -0.05) is 0 Å². The Morgan fingerprint density at radius 3 is 2.46 bits per heavy atom. The van der Waals surface area contributed by atoms with E-state index in [1.807, 2.05) is 6.07 Å². The van der Waals surface area contributed by atoms with Crippen LogP contribution in [0.3, 0.4) is 0 Å². The molecule has 0 radical (unpaired) electrons. The summed E-state index contributed by atoms with van der Waals surface area (Å²) in [6.45, 7) is 2.97. The Balaban J connectivity index is 1.63. The van der Waals surface area contributed by atoms with Gasteiger partial charge in [0, 0.05) is 43.8 Å². The van der Waals surface area contributed by atoms with E-state index in [1.54, 1.807) is 6.07 Å². The van der Waals surface area contributed by atoms with Crippen LogP contribution in [0.1, 0.15) is 37.2 Å². The highest BCUT2D eigenvalue weighted by molar-refractivity contribution is 5.66. The number of benzene rings is 1. The molecule has 3 fully saturated rings. The lowest BCUT2D eigenvalue weighted by atomic mass is 9.99. The molecule has 1 aromatic rings. The first kappa shape index (κ1) is 15.7. The van der Waals surface area contributed by atoms with Crippen molar-refractivity contribution in [3.63, 3.8) is 0 Å². The fourth-order valence-corrected chi connectivity index (χ4v) is 3.75. The maximum Gasteiger partial charge on any atom is 0.311 e. The molecule has 0 aromatic heterocycles. The van der Waals surface area contributed by atoms with Gasteiger partial charge in [0.25, 0.3) is 0 Å². The van der Waals surface area contributed by atoms with Crippen molar-refractivity contribution in [2.45, 2.75) is 37.4 Å². The van der Waals surface area contributed by atoms with Crippen LogP contribution >= 0.6 is 0 Å². The number of rotatable bonds is 4. The summed E-state index contributed by atoms with van der Waals surface area (Å²) in [6.07, 6.45) is 3.83. The van der Waals surface area contributed by atoms with Gasteiger partial charge in [0.15, 0.2) is 11.5 Å². The summed E-state index contributed by atoms with van der Waals surface area (Å²) in [5.41, 5.74) is 2.19. The first-order valence-electron chi connectivity index (χ1n) is 8.51. The Hall–Kier alpha value is -1.86. The van der Waals surface area contributed by atoms with Gasteiger partial charge in [0.05, 0.1) is 25.2 Å². The highest BCUT2D eigenvalue weighted by Crippen LogP contribution is 2.48. The van der Waals surface area contributed by atoms with Gasteiger partial charge in [-0.25, -0.2) is 0 Å². The van der Waals surface area contributed by atoms with Crippen LogP contribution in [0, 0.1) is 10.1 Å². The van der Waals surface area contributed by atoms with E-state index >= 15 is 0 Å². The molecule has 2 saturated heterocycles. The number of anilines is 1. The molecule has 0 amide bonds. The predicted molar refractivity (Wildman–Crippen MR) is 87.7 cm³/mol. The van der Waals surface area contributed by atoms with Crippen molar-refractivity contribution in [3.8, 4) is 5.75 Å². The summed E-state index contributed by atoms with van der Waals surface area (Å²) in [7, 11) is 1.48. The van der Waals surface area contributed by atoms with Gasteiger partial charge in [-0.3, -0.25) is 10.1 Å². The standard InChI is InChI=1S/C17H22N2O5/c1-22-16-11-14(13(12-2-3-12)10-15(16)19(20)21)18-6-4-17(5-7-18)23-8-9-24-17/h10-12H,2-9H2,1H3. The molecule has 2 heterocycles. The topological polar surface area (TPSA) is 74.1 Å². The zero-order valence-corrected chi connectivity index (χ0v) is 13.8. The quantitative estimate of drug-likeness (QED) is 0.623. The van der Waals surface area contributed by atoms with Crippen LogP contribution in [-0.2, 0) is 9.47 Å². The minimum Gasteiger partial charge on any atom is -0.490 e. The van der Waals surface area contributed by atoms with Gasteiger partial charge in [-0.2, -0.15) is 0 Å². The predicted octanol–water partition coefficient (Wildman–Crippen LogP) is 2.82. The monoisotopic (exact) mass is 334 g/mol. The van der Waals surface area contributed by atoms with Crippen molar-refractivity contribution < 1.29 is 19.1 Å². The molecule has 2 aliphatic heterocycles. The van der Waals surface area contributed by atoms with Gasteiger partial charge < -0.3 is 19.1 Å². The van der Waals surface area contributed by atoms with E-state index in [4.69, 9.17) is 14.2 Å². The largest absolute Gasteiger partial charge is 0.490 e. The second-order valence-electron chi connectivity index (χ2n) is 6.71. The third-order valence-corrected chi connectivity index (χ3v) is 5.22. The van der Waals surface area contributed by atoms with E-state index in [-0.39, 0.29) is 10.6 Å². The number of hydrogen-bond acceptors (Lipinski definition) is 6. The molecule has 7 nitrogen and oxygen atoms in total. The van der Waals surface area contributed by atoms with Gasteiger partial charge in [0.1, 0.15) is 0 Å². The summed E-state index contributed by atoms with van der Waals surface area (Å²) >= 11 is 0. The normalized spacial score (nSPS) is 22.8. The molecule has 7 heteroatoms. The zero-order chi connectivity index (χ0) is 16.7. The Morgan fingerprint density at radius 2 is 1.92 bits per heavy atom. The average molecular weight is 334 g/mol. The maximum absolute atomic E-state index is 11.3. The number of methoxy groups -OCH3 is 1. The first-order chi connectivity index (χ1) is 11.6. The number of piperidine rings is 1. The van der Waals surface area contributed by atoms with Crippen molar-refractivity contribution in [2.24, 2.45) is 0 Å². The second kappa shape index (κ2) is 5.89. The van der Waals surface area contributed by atoms with Crippen LogP contribution in [0.25, 0.3) is 0 Å². The molecule has 0 atom stereocenters. The van der Waals surface area contributed by atoms with Crippen LogP contribution in [0.2, 0.25) is 0 Å². The van der Waals surface area contributed by atoms with Crippen molar-refractivity contribution >= 4 is 11.4 Å². The molecule has 1 aliphatic carbocycles. The van der Waals surface area contributed by atoms with Crippen molar-refractivity contribution in [1.29, 1.82) is 0 Å². The van der Waals surface area contributed by atoms with Gasteiger partial charge >= 0.3 is 5.69 Å². The summed E-state index contributed by atoms with van der Waals surface area (Å²) in [5.74, 6) is 0.341. The van der Waals surface area contributed by atoms with Crippen molar-refractivity contribution in [1.82, 2.24) is 0 Å². The number of ether oxygens (including phenoxy) is 3. The highest BCUT2D eigenvalue weighted by Gasteiger charge is 2.41. The Bertz CT molecular complexity index is 643. The molecular weight excluding hydrogens is 312 g/mol. The smallest absolute Gasteiger partial charge is 0.311 e. The van der Waals surface area contributed by atoms with Crippen LogP contribution in [0.15, 0.2) is 12.1 Å². The average Bonchev–Trinajstić information content (AvgIpc) is 3.35. The van der Waals surface area contributed by atoms with Crippen molar-refractivity contribution in [3.05, 3.63) is 27.8 Å². The van der Waals surface area contributed by atoms with Gasteiger partial charge in [-0.15, -0.1) is 0 Å². The number of nitro groups is 1. The van der Waals surface area contributed by atoms with E-state index in [1.165, 1.54) is 7.11 Å². The molecule has 1 spiro atoms. The van der Waals surface area contributed by atoms with E-state index < -0.39 is 5.79 Å². The summed E-state index contributed by atoms with van der Waals surface area (Å²) in [5, 5.41) is 11.3. The van der Waals surface area contributed by atoms with Crippen LogP contribution in [0.4, 0.5) is 11.4 Å². The third-order valence-electron chi connectivity index (χ3n) is 5.22. The van der Waals surface area contributed by atoms with Crippen LogP contribution in [-0.4, -0.2) is 44.1 Å². The van der Waals surface area contributed by atoms with Crippen LogP contribution in [0.5, 0.6) is 5.75 Å². The molecule has 24 heavy (non-hydrogen) atoms. The minimum absolute atomic E-state index is 0.0547. The SMILES string of the molecule is COc1cc(N2CCC3(CC2)OCCO3)c(C2CC2)cc1[N+](=O)[O-]. The molecular formula is C17H22N2O5. The highest BCUT2D eigenvalue weighted by atomic mass is 16.7. The fraction of sp³-hybridized carbons (Fsp3) is 0.647. The molecule has 4 rings (SSSR count). The lowest BCUT2D eigenvalue weighted by molar-refractivity contribution is -0.385. The van der Waals surface area contributed by atoms with E-state index in [9.17, 15) is 10.1 Å². The number of nitrogens with zero attached hydrogens (tertiary/aromatic N) is 2. The van der Waals surface area contributed by atoms with E-state index in [0.717, 1.165) is 50.0 Å². The molecule has 1 saturated carbocycles. The molecule has 0 bridgehead atoms. The fourth-order valence-electron chi connectivity index (χ4n) is 3.75. The van der Waals surface area contributed by atoms with Gasteiger partial charge in [0.2, 0.25) is 0 Å². The Labute approximate surface area is 140 Å². The number of hydrogen-bond donors (Lipinski definition) is 0. The molecule has 1 aromatic carbocycles. The molecule has 0 unspecified atom stereocenters. The lowest BCUT2D eigenvalue weighted by Crippen LogP contribution is -2.45. The molecule has 3 aliphatic rings.